The monoisotopic (exact) mass is 377 g/mol. The van der Waals surface area contributed by atoms with E-state index in [1.54, 1.807) is 12.1 Å². The van der Waals surface area contributed by atoms with Gasteiger partial charge in [0, 0.05) is 20.2 Å². The number of hydrogen-bond acceptors (Lipinski definition) is 6. The Balaban J connectivity index is 2.33. The Hall–Kier alpha value is -2.18. The summed E-state index contributed by atoms with van der Waals surface area (Å²) in [5.41, 5.74) is 0.827. The number of benzene rings is 2. The van der Waals surface area contributed by atoms with Gasteiger partial charge in [-0.25, -0.2) is 0 Å². The summed E-state index contributed by atoms with van der Waals surface area (Å²) in [5.74, 6) is -1.45. The summed E-state index contributed by atoms with van der Waals surface area (Å²) >= 11 is 0. The molecule has 0 aliphatic rings. The van der Waals surface area contributed by atoms with Crippen molar-refractivity contribution in [3.8, 4) is 5.75 Å². The molecule has 26 heavy (non-hydrogen) atoms. The highest BCUT2D eigenvalue weighted by molar-refractivity contribution is 7.62. The Kier molecular flexibility index (Phi) is 7.36. The van der Waals surface area contributed by atoms with E-state index in [4.69, 9.17) is 9.47 Å². The van der Waals surface area contributed by atoms with Crippen LogP contribution in [0.3, 0.4) is 0 Å². The number of carbonyl (C=O) groups is 1. The number of carboxylic acids is 1. The number of ether oxygens (including phenoxy) is 2. The molecule has 0 aromatic heterocycles. The maximum atomic E-state index is 13.2. The first-order valence-corrected chi connectivity index (χ1v) is 9.54. The summed E-state index contributed by atoms with van der Waals surface area (Å²) < 4.78 is 24.6. The Bertz CT molecular complexity index is 767. The number of para-hydroxylation sites is 1. The second kappa shape index (κ2) is 9.50. The first kappa shape index (κ1) is 20.1. The third-order valence-electron chi connectivity index (χ3n) is 3.65. The van der Waals surface area contributed by atoms with Crippen molar-refractivity contribution in [1.29, 1.82) is 0 Å². The molecule has 0 heterocycles. The zero-order chi connectivity index (χ0) is 19.0. The van der Waals surface area contributed by atoms with Crippen molar-refractivity contribution in [3.05, 3.63) is 60.2 Å². The largest absolute Gasteiger partial charge is 0.784 e. The lowest BCUT2D eigenvalue weighted by molar-refractivity contribution is -0.307. The van der Waals surface area contributed by atoms with Crippen LogP contribution < -0.4 is 20.0 Å². The molecule has 0 aliphatic heterocycles. The first-order valence-electron chi connectivity index (χ1n) is 7.96. The molecule has 8 heteroatoms. The van der Waals surface area contributed by atoms with E-state index in [1.807, 2.05) is 30.3 Å². The van der Waals surface area contributed by atoms with E-state index in [-0.39, 0.29) is 30.8 Å². The quantitative estimate of drug-likeness (QED) is 0.543. The van der Waals surface area contributed by atoms with Crippen molar-refractivity contribution in [1.82, 2.24) is 4.67 Å². The van der Waals surface area contributed by atoms with Crippen LogP contribution in [0.1, 0.15) is 5.56 Å². The third-order valence-corrected chi connectivity index (χ3v) is 5.71. The molecular weight excluding hydrogens is 357 g/mol. The Labute approximate surface area is 152 Å². The van der Waals surface area contributed by atoms with Crippen LogP contribution in [0.2, 0.25) is 0 Å². The molecule has 0 saturated carbocycles. The van der Waals surface area contributed by atoms with Gasteiger partial charge < -0.3 is 28.8 Å². The molecule has 1 atom stereocenters. The fourth-order valence-electron chi connectivity index (χ4n) is 2.40. The summed E-state index contributed by atoms with van der Waals surface area (Å²) in [4.78, 5) is 23.8. The molecule has 0 aliphatic carbocycles. The van der Waals surface area contributed by atoms with Gasteiger partial charge in [0.25, 0.3) is 0 Å². The van der Waals surface area contributed by atoms with Gasteiger partial charge in [0.05, 0.1) is 17.9 Å². The highest BCUT2D eigenvalue weighted by Gasteiger charge is 2.24. The molecular formula is C18H20NO6P-2. The predicted molar refractivity (Wildman–Crippen MR) is 92.9 cm³/mol. The van der Waals surface area contributed by atoms with E-state index in [0.717, 1.165) is 5.56 Å². The van der Waals surface area contributed by atoms with Crippen molar-refractivity contribution in [2.75, 3.05) is 26.9 Å². The van der Waals surface area contributed by atoms with Gasteiger partial charge in [-0.1, -0.05) is 42.5 Å². The van der Waals surface area contributed by atoms with Crippen molar-refractivity contribution in [2.24, 2.45) is 0 Å². The van der Waals surface area contributed by atoms with E-state index in [1.165, 1.54) is 23.9 Å². The smallest absolute Gasteiger partial charge is 0.130 e. The lowest BCUT2D eigenvalue weighted by Crippen LogP contribution is -2.36. The summed E-state index contributed by atoms with van der Waals surface area (Å²) in [6, 6.07) is 15.1. The summed E-state index contributed by atoms with van der Waals surface area (Å²) in [6.45, 7) is -0.185. The highest BCUT2D eigenvalue weighted by atomic mass is 31.2. The Morgan fingerprint density at radius 2 is 1.77 bits per heavy atom. The number of carboxylic acid groups (broad SMARTS) is 1. The molecule has 140 valence electrons. The molecule has 7 nitrogen and oxygen atoms in total. The van der Waals surface area contributed by atoms with Gasteiger partial charge in [0.1, 0.15) is 19.9 Å². The van der Waals surface area contributed by atoms with Crippen LogP contribution in [0.25, 0.3) is 0 Å². The van der Waals surface area contributed by atoms with E-state index in [0.29, 0.717) is 0 Å². The maximum Gasteiger partial charge on any atom is 0.130 e. The number of rotatable bonds is 10. The predicted octanol–water partition coefficient (Wildman–Crippen LogP) is 0.143. The summed E-state index contributed by atoms with van der Waals surface area (Å²) in [7, 11) is -2.79. The number of aliphatic carboxylic acids is 1. The molecule has 0 amide bonds. The minimum atomic E-state index is -4.28. The van der Waals surface area contributed by atoms with E-state index in [9.17, 15) is 19.4 Å². The third kappa shape index (κ3) is 5.41. The average molecular weight is 377 g/mol. The SMILES string of the molecule is COCCN(Cc1ccccc1)P(=O)([O-])c1ccccc1OCC(=O)[O-]. The van der Waals surface area contributed by atoms with Crippen molar-refractivity contribution < 1.29 is 28.8 Å². The van der Waals surface area contributed by atoms with Crippen LogP contribution in [0.15, 0.2) is 54.6 Å². The van der Waals surface area contributed by atoms with Crippen LogP contribution in [0.5, 0.6) is 5.75 Å². The number of carbonyl (C=O) groups excluding carboxylic acids is 1. The zero-order valence-corrected chi connectivity index (χ0v) is 15.3. The lowest BCUT2D eigenvalue weighted by Gasteiger charge is -2.37. The van der Waals surface area contributed by atoms with Crippen LogP contribution in [0.4, 0.5) is 0 Å². The normalized spacial score (nSPS) is 13.3. The van der Waals surface area contributed by atoms with E-state index >= 15 is 0 Å². The van der Waals surface area contributed by atoms with Gasteiger partial charge in [0.15, 0.2) is 0 Å². The van der Waals surface area contributed by atoms with Crippen molar-refractivity contribution >= 4 is 18.8 Å². The number of methoxy groups -OCH3 is 1. The van der Waals surface area contributed by atoms with E-state index < -0.39 is 20.1 Å². The van der Waals surface area contributed by atoms with Crippen LogP contribution in [-0.2, 0) is 20.6 Å². The van der Waals surface area contributed by atoms with Crippen LogP contribution in [0, 0.1) is 0 Å². The lowest BCUT2D eigenvalue weighted by atomic mass is 10.2. The molecule has 2 rings (SSSR count). The zero-order valence-electron chi connectivity index (χ0n) is 14.4. The van der Waals surface area contributed by atoms with Crippen LogP contribution in [-0.4, -0.2) is 37.5 Å². The fraction of sp³-hybridized carbons (Fsp3) is 0.278. The molecule has 1 unspecified atom stereocenters. The van der Waals surface area contributed by atoms with Gasteiger partial charge in [-0.05, 0) is 17.7 Å². The molecule has 0 radical (unpaired) electrons. The Morgan fingerprint density at radius 1 is 1.12 bits per heavy atom. The van der Waals surface area contributed by atoms with Gasteiger partial charge in [-0.3, -0.25) is 4.67 Å². The summed E-state index contributed by atoms with van der Waals surface area (Å²) in [6.07, 6.45) is 0. The molecule has 2 aromatic carbocycles. The van der Waals surface area contributed by atoms with Crippen molar-refractivity contribution in [2.45, 2.75) is 6.54 Å². The van der Waals surface area contributed by atoms with Crippen molar-refractivity contribution in [3.63, 3.8) is 0 Å². The second-order valence-electron chi connectivity index (χ2n) is 5.52. The molecule has 2 aromatic rings. The fourth-order valence-corrected chi connectivity index (χ4v) is 4.09. The van der Waals surface area contributed by atoms with Crippen LogP contribution >= 0.6 is 7.52 Å². The molecule has 0 saturated heterocycles. The topological polar surface area (TPSA) is 102 Å². The standard InChI is InChI=1S/C18H22NO6P/c1-24-12-11-19(13-15-7-3-2-4-8-15)26(22,23)17-10-6-5-9-16(17)25-14-18(20)21/h2-10H,11-14H2,1H3,(H,20,21)(H,22,23)/p-2. The average Bonchev–Trinajstić information content (AvgIpc) is 2.64. The second-order valence-corrected chi connectivity index (χ2v) is 7.60. The minimum absolute atomic E-state index is 0.0227. The highest BCUT2D eigenvalue weighted by Crippen LogP contribution is 2.43. The Morgan fingerprint density at radius 3 is 2.42 bits per heavy atom. The van der Waals surface area contributed by atoms with Gasteiger partial charge >= 0.3 is 0 Å². The van der Waals surface area contributed by atoms with E-state index in [2.05, 4.69) is 0 Å². The minimum Gasteiger partial charge on any atom is -0.784 e. The first-order chi connectivity index (χ1) is 12.4. The molecule has 0 fully saturated rings. The number of hydrogen-bond donors (Lipinski definition) is 0. The molecule has 0 N–H and O–H groups in total. The number of nitrogens with zero attached hydrogens (tertiary/aromatic N) is 1. The van der Waals surface area contributed by atoms with Gasteiger partial charge in [-0.15, -0.1) is 0 Å². The maximum absolute atomic E-state index is 13.2. The molecule has 0 bridgehead atoms. The van der Waals surface area contributed by atoms with Gasteiger partial charge in [0.2, 0.25) is 0 Å². The summed E-state index contributed by atoms with van der Waals surface area (Å²) in [5, 5.41) is 10.6. The molecule has 0 spiro atoms. The van der Waals surface area contributed by atoms with Gasteiger partial charge in [-0.2, -0.15) is 0 Å².